The number of aromatic nitrogens is 2. The van der Waals surface area contributed by atoms with E-state index in [9.17, 15) is 4.79 Å². The molecular weight excluding hydrogens is 276 g/mol. The fourth-order valence-corrected chi connectivity index (χ4v) is 2.49. The van der Waals surface area contributed by atoms with Gasteiger partial charge in [0.05, 0.1) is 12.7 Å². The molecule has 3 N–H and O–H groups in total. The summed E-state index contributed by atoms with van der Waals surface area (Å²) >= 11 is 1.37. The molecule has 2 rings (SSSR count). The monoisotopic (exact) mass is 292 g/mol. The van der Waals surface area contributed by atoms with E-state index >= 15 is 0 Å². The maximum absolute atomic E-state index is 12.1. The number of aryl methyl sites for hydroxylation is 1. The standard InChI is InChI=1S/C13H16N4O2S/c1-3-4-11-16-17-13(20-11)15-12(18)9-6-5-8(19-2)7-10(9)14/h5-7H,3-4,14H2,1-2H3,(H,15,17,18). The molecule has 0 aliphatic heterocycles. The molecule has 1 aromatic heterocycles. The number of nitrogens with two attached hydrogens (primary N) is 1. The molecule has 1 amide bonds. The second kappa shape index (κ2) is 6.33. The van der Waals surface area contributed by atoms with Crippen LogP contribution >= 0.6 is 11.3 Å². The molecule has 0 spiro atoms. The number of nitrogens with zero attached hydrogens (tertiary/aromatic N) is 2. The molecule has 20 heavy (non-hydrogen) atoms. The lowest BCUT2D eigenvalue weighted by Gasteiger charge is -2.06. The maximum atomic E-state index is 12.1. The number of rotatable bonds is 5. The third kappa shape index (κ3) is 3.24. The van der Waals surface area contributed by atoms with E-state index in [1.165, 1.54) is 11.3 Å². The van der Waals surface area contributed by atoms with Crippen molar-refractivity contribution in [2.75, 3.05) is 18.2 Å². The third-order valence-corrected chi connectivity index (χ3v) is 3.55. The lowest BCUT2D eigenvalue weighted by molar-refractivity contribution is 0.102. The Kier molecular flexibility index (Phi) is 4.52. The molecule has 0 saturated carbocycles. The van der Waals surface area contributed by atoms with Crippen molar-refractivity contribution in [1.82, 2.24) is 10.2 Å². The molecule has 0 aliphatic carbocycles. The van der Waals surface area contributed by atoms with Gasteiger partial charge in [-0.2, -0.15) is 0 Å². The fourth-order valence-electron chi connectivity index (χ4n) is 1.66. The van der Waals surface area contributed by atoms with Gasteiger partial charge in [-0.1, -0.05) is 18.3 Å². The van der Waals surface area contributed by atoms with Crippen LogP contribution in [0.25, 0.3) is 0 Å². The fraction of sp³-hybridized carbons (Fsp3) is 0.308. The van der Waals surface area contributed by atoms with Gasteiger partial charge in [-0.15, -0.1) is 10.2 Å². The number of methoxy groups -OCH3 is 1. The Morgan fingerprint density at radius 3 is 2.90 bits per heavy atom. The molecule has 0 atom stereocenters. The topological polar surface area (TPSA) is 90.1 Å². The van der Waals surface area contributed by atoms with Crippen molar-refractivity contribution in [1.29, 1.82) is 0 Å². The summed E-state index contributed by atoms with van der Waals surface area (Å²) in [5.74, 6) is 0.310. The van der Waals surface area contributed by atoms with E-state index < -0.39 is 0 Å². The number of benzene rings is 1. The Hall–Kier alpha value is -2.15. The van der Waals surface area contributed by atoms with E-state index in [2.05, 4.69) is 22.4 Å². The molecule has 1 heterocycles. The van der Waals surface area contributed by atoms with E-state index in [1.807, 2.05) is 0 Å². The molecule has 1 aromatic carbocycles. The Morgan fingerprint density at radius 2 is 2.25 bits per heavy atom. The summed E-state index contributed by atoms with van der Waals surface area (Å²) < 4.78 is 5.05. The summed E-state index contributed by atoms with van der Waals surface area (Å²) in [6.07, 6.45) is 1.85. The number of anilines is 2. The Balaban J connectivity index is 2.11. The average molecular weight is 292 g/mol. The molecule has 0 bridgehead atoms. The van der Waals surface area contributed by atoms with Gasteiger partial charge in [-0.25, -0.2) is 0 Å². The molecular formula is C13H16N4O2S. The summed E-state index contributed by atoms with van der Waals surface area (Å²) in [6.45, 7) is 2.07. The highest BCUT2D eigenvalue weighted by atomic mass is 32.1. The second-order valence-corrected chi connectivity index (χ2v) is 5.22. The van der Waals surface area contributed by atoms with Gasteiger partial charge in [-0.05, 0) is 18.6 Å². The molecule has 0 saturated heterocycles. The molecule has 106 valence electrons. The van der Waals surface area contributed by atoms with E-state index in [1.54, 1.807) is 25.3 Å². The highest BCUT2D eigenvalue weighted by molar-refractivity contribution is 7.15. The molecule has 0 aliphatic rings. The predicted octanol–water partition coefficient (Wildman–Crippen LogP) is 2.33. The van der Waals surface area contributed by atoms with Gasteiger partial charge in [0.15, 0.2) is 0 Å². The minimum Gasteiger partial charge on any atom is -0.497 e. The van der Waals surface area contributed by atoms with Crippen LogP contribution < -0.4 is 15.8 Å². The molecule has 0 unspecified atom stereocenters. The lowest BCUT2D eigenvalue weighted by atomic mass is 10.1. The Bertz CT molecular complexity index is 612. The van der Waals surface area contributed by atoms with Crippen LogP contribution in [0.4, 0.5) is 10.8 Å². The van der Waals surface area contributed by atoms with Gasteiger partial charge < -0.3 is 10.5 Å². The highest BCUT2D eigenvalue weighted by Crippen LogP contribution is 2.22. The molecule has 0 radical (unpaired) electrons. The maximum Gasteiger partial charge on any atom is 0.259 e. The summed E-state index contributed by atoms with van der Waals surface area (Å²) in [6, 6.07) is 4.92. The first-order chi connectivity index (χ1) is 9.63. The van der Waals surface area contributed by atoms with Crippen LogP contribution in [0.15, 0.2) is 18.2 Å². The van der Waals surface area contributed by atoms with Gasteiger partial charge in [0.1, 0.15) is 10.8 Å². The Labute approximate surface area is 121 Å². The lowest BCUT2D eigenvalue weighted by Crippen LogP contribution is -2.13. The second-order valence-electron chi connectivity index (χ2n) is 4.16. The van der Waals surface area contributed by atoms with Crippen molar-refractivity contribution in [2.24, 2.45) is 0 Å². The first-order valence-electron chi connectivity index (χ1n) is 6.21. The van der Waals surface area contributed by atoms with Crippen molar-refractivity contribution in [3.63, 3.8) is 0 Å². The number of ether oxygens (including phenoxy) is 1. The summed E-state index contributed by atoms with van der Waals surface area (Å²) in [5, 5.41) is 12.0. The molecule has 7 heteroatoms. The number of nitrogens with one attached hydrogen (secondary N) is 1. The zero-order valence-electron chi connectivity index (χ0n) is 11.3. The zero-order valence-corrected chi connectivity index (χ0v) is 12.2. The number of hydrogen-bond donors (Lipinski definition) is 2. The van der Waals surface area contributed by atoms with E-state index in [4.69, 9.17) is 10.5 Å². The minimum absolute atomic E-state index is 0.302. The molecule has 0 fully saturated rings. The van der Waals surface area contributed by atoms with Gasteiger partial charge in [0.25, 0.3) is 5.91 Å². The third-order valence-electron chi connectivity index (χ3n) is 2.65. The van der Waals surface area contributed by atoms with Crippen molar-refractivity contribution in [3.8, 4) is 5.75 Å². The van der Waals surface area contributed by atoms with Crippen LogP contribution in [0.1, 0.15) is 28.7 Å². The average Bonchev–Trinajstić information content (AvgIpc) is 2.86. The van der Waals surface area contributed by atoms with Crippen molar-refractivity contribution in [3.05, 3.63) is 28.8 Å². The summed E-state index contributed by atoms with van der Waals surface area (Å²) in [4.78, 5) is 12.1. The summed E-state index contributed by atoms with van der Waals surface area (Å²) in [5.41, 5.74) is 6.58. The van der Waals surface area contributed by atoms with E-state index in [-0.39, 0.29) is 5.91 Å². The van der Waals surface area contributed by atoms with Crippen molar-refractivity contribution >= 4 is 28.1 Å². The first kappa shape index (κ1) is 14.3. The first-order valence-corrected chi connectivity index (χ1v) is 7.03. The van der Waals surface area contributed by atoms with Crippen LogP contribution in [0, 0.1) is 0 Å². The van der Waals surface area contributed by atoms with Crippen LogP contribution in [0.3, 0.4) is 0 Å². The van der Waals surface area contributed by atoms with Crippen LogP contribution in [0.2, 0.25) is 0 Å². The van der Waals surface area contributed by atoms with Gasteiger partial charge in [-0.3, -0.25) is 10.1 Å². The van der Waals surface area contributed by atoms with Gasteiger partial charge in [0, 0.05) is 18.2 Å². The van der Waals surface area contributed by atoms with Crippen molar-refractivity contribution in [2.45, 2.75) is 19.8 Å². The number of carbonyl (C=O) groups is 1. The van der Waals surface area contributed by atoms with Gasteiger partial charge >= 0.3 is 0 Å². The number of nitrogen functional groups attached to an aromatic ring is 1. The highest BCUT2D eigenvalue weighted by Gasteiger charge is 2.13. The van der Waals surface area contributed by atoms with Crippen LogP contribution in [-0.2, 0) is 6.42 Å². The molecule has 2 aromatic rings. The van der Waals surface area contributed by atoms with Crippen molar-refractivity contribution < 1.29 is 9.53 Å². The van der Waals surface area contributed by atoms with E-state index in [0.717, 1.165) is 17.8 Å². The SMILES string of the molecule is CCCc1nnc(NC(=O)c2ccc(OC)cc2N)s1. The number of hydrogen-bond acceptors (Lipinski definition) is 6. The zero-order chi connectivity index (χ0) is 14.5. The quantitative estimate of drug-likeness (QED) is 0.825. The largest absolute Gasteiger partial charge is 0.497 e. The summed E-state index contributed by atoms with van der Waals surface area (Å²) in [7, 11) is 1.55. The van der Waals surface area contributed by atoms with Crippen LogP contribution in [-0.4, -0.2) is 23.2 Å². The minimum atomic E-state index is -0.302. The smallest absolute Gasteiger partial charge is 0.259 e. The predicted molar refractivity (Wildman–Crippen MR) is 79.3 cm³/mol. The van der Waals surface area contributed by atoms with E-state index in [0.29, 0.717) is 22.1 Å². The normalized spacial score (nSPS) is 10.3. The van der Waals surface area contributed by atoms with Crippen LogP contribution in [0.5, 0.6) is 5.75 Å². The number of carbonyl (C=O) groups excluding carboxylic acids is 1. The number of amides is 1. The van der Waals surface area contributed by atoms with Gasteiger partial charge in [0.2, 0.25) is 5.13 Å². The molecule has 6 nitrogen and oxygen atoms in total. The Morgan fingerprint density at radius 1 is 1.45 bits per heavy atom.